The van der Waals surface area contributed by atoms with E-state index in [2.05, 4.69) is 31.0 Å². The molecule has 0 N–H and O–H groups in total. The van der Waals surface area contributed by atoms with Crippen molar-refractivity contribution in [3.8, 4) is 0 Å². The topological polar surface area (TPSA) is 51.0 Å². The van der Waals surface area contributed by atoms with E-state index < -0.39 is 5.54 Å². The lowest BCUT2D eigenvalue weighted by atomic mass is 9.87. The Bertz CT molecular complexity index is 594. The minimum atomic E-state index is -0.871. The number of rotatable bonds is 2. The van der Waals surface area contributed by atoms with E-state index in [1.54, 1.807) is 0 Å². The molecule has 4 heteroatoms. The lowest BCUT2D eigenvalue weighted by molar-refractivity contribution is -0.147. The van der Waals surface area contributed by atoms with Crippen LogP contribution in [-0.2, 0) is 14.9 Å². The molecule has 1 fully saturated rings. The van der Waals surface area contributed by atoms with Crippen molar-refractivity contribution in [1.29, 1.82) is 0 Å². The smallest absolute Gasteiger partial charge is 0.337 e. The van der Waals surface area contributed by atoms with Gasteiger partial charge in [-0.3, -0.25) is 0 Å². The van der Waals surface area contributed by atoms with Crippen molar-refractivity contribution in [3.63, 3.8) is 0 Å². The summed E-state index contributed by atoms with van der Waals surface area (Å²) in [7, 11) is 0. The van der Waals surface area contributed by atoms with Gasteiger partial charge in [0.1, 0.15) is 0 Å². The van der Waals surface area contributed by atoms with Crippen LogP contribution in [0.15, 0.2) is 34.5 Å². The zero-order valence-electron chi connectivity index (χ0n) is 11.7. The normalized spacial score (nSPS) is 33.3. The van der Waals surface area contributed by atoms with E-state index >= 15 is 0 Å². The Kier molecular flexibility index (Phi) is 2.23. The number of carbonyl (C=O) groups excluding carboxylic acids is 1. The lowest BCUT2D eigenvalue weighted by Gasteiger charge is -2.22. The average molecular weight is 258 g/mol. The fourth-order valence-corrected chi connectivity index (χ4v) is 3.67. The number of hydrogen-bond acceptors (Lipinski definition) is 4. The number of benzene rings is 1. The third-order valence-corrected chi connectivity index (χ3v) is 5.14. The molecule has 1 aliphatic heterocycles. The van der Waals surface area contributed by atoms with Crippen molar-refractivity contribution in [2.75, 3.05) is 6.61 Å². The summed E-state index contributed by atoms with van der Waals surface area (Å²) >= 11 is 0. The van der Waals surface area contributed by atoms with Gasteiger partial charge in [0.25, 0.3) is 0 Å². The summed E-state index contributed by atoms with van der Waals surface area (Å²) in [5.74, 6) is -0.263. The maximum Gasteiger partial charge on any atom is 0.337 e. The van der Waals surface area contributed by atoms with Gasteiger partial charge in [-0.1, -0.05) is 39.0 Å². The second-order valence-corrected chi connectivity index (χ2v) is 5.90. The molecular weight excluding hydrogens is 240 g/mol. The fourth-order valence-electron chi connectivity index (χ4n) is 3.67. The molecule has 1 aliphatic carbocycles. The van der Waals surface area contributed by atoms with Crippen molar-refractivity contribution in [2.24, 2.45) is 15.6 Å². The van der Waals surface area contributed by atoms with E-state index in [1.807, 2.05) is 31.2 Å². The number of azo groups is 1. The molecular formula is C15H18N2O2. The van der Waals surface area contributed by atoms with E-state index in [9.17, 15) is 4.79 Å². The van der Waals surface area contributed by atoms with Crippen LogP contribution in [0.2, 0.25) is 0 Å². The Morgan fingerprint density at radius 2 is 1.95 bits per heavy atom. The van der Waals surface area contributed by atoms with E-state index in [4.69, 9.17) is 4.74 Å². The van der Waals surface area contributed by atoms with Crippen molar-refractivity contribution in [3.05, 3.63) is 29.8 Å². The van der Waals surface area contributed by atoms with Crippen molar-refractivity contribution in [1.82, 2.24) is 0 Å². The van der Waals surface area contributed by atoms with Crippen LogP contribution in [0.3, 0.4) is 0 Å². The number of hydrogen-bond donors (Lipinski definition) is 0. The highest BCUT2D eigenvalue weighted by Gasteiger charge is 2.87. The van der Waals surface area contributed by atoms with Crippen LogP contribution in [0.1, 0.15) is 33.3 Å². The highest BCUT2D eigenvalue weighted by Crippen LogP contribution is 2.77. The molecule has 19 heavy (non-hydrogen) atoms. The van der Waals surface area contributed by atoms with E-state index in [-0.39, 0.29) is 16.8 Å². The fraction of sp³-hybridized carbons (Fsp3) is 0.533. The molecule has 3 rings (SSSR count). The molecule has 0 unspecified atom stereocenters. The molecule has 0 saturated heterocycles. The van der Waals surface area contributed by atoms with Crippen LogP contribution in [0, 0.1) is 5.41 Å². The predicted octanol–water partition coefficient (Wildman–Crippen LogP) is 3.38. The number of carbonyl (C=O) groups is 1. The third-order valence-electron chi connectivity index (χ3n) is 5.14. The van der Waals surface area contributed by atoms with Crippen LogP contribution in [-0.4, -0.2) is 18.1 Å². The largest absolute Gasteiger partial charge is 0.464 e. The van der Waals surface area contributed by atoms with Gasteiger partial charge in [0.15, 0.2) is 5.54 Å². The van der Waals surface area contributed by atoms with Gasteiger partial charge in [-0.2, -0.15) is 10.2 Å². The standard InChI is InChI=1S/C15H18N2O2/c1-5-19-12(18)15-13(2,3)14(15,4)10-8-6-7-9-11(10)16-17-15/h6-9H,5H2,1-4H3/t14-,15+/m0/s1. The molecule has 1 saturated carbocycles. The summed E-state index contributed by atoms with van der Waals surface area (Å²) in [6, 6.07) is 7.90. The maximum absolute atomic E-state index is 12.4. The summed E-state index contributed by atoms with van der Waals surface area (Å²) in [5, 5.41) is 8.63. The average Bonchev–Trinajstić information content (AvgIpc) is 2.81. The van der Waals surface area contributed by atoms with E-state index in [0.29, 0.717) is 6.61 Å². The summed E-state index contributed by atoms with van der Waals surface area (Å²) in [6.45, 7) is 8.39. The Balaban J connectivity index is 2.19. The monoisotopic (exact) mass is 258 g/mol. The molecule has 1 heterocycles. The van der Waals surface area contributed by atoms with Crippen LogP contribution >= 0.6 is 0 Å². The molecule has 1 aromatic carbocycles. The van der Waals surface area contributed by atoms with Gasteiger partial charge in [-0.25, -0.2) is 4.79 Å². The van der Waals surface area contributed by atoms with E-state index in [1.165, 1.54) is 0 Å². The maximum atomic E-state index is 12.4. The molecule has 0 spiro atoms. The predicted molar refractivity (Wildman–Crippen MR) is 71.5 cm³/mol. The Morgan fingerprint density at radius 1 is 1.26 bits per heavy atom. The SMILES string of the molecule is CCOC(=O)[C@]12N=Nc3ccccc3[C@@]1(C)C2(C)C. The Hall–Kier alpha value is -1.71. The zero-order valence-corrected chi connectivity index (χ0v) is 11.7. The molecule has 2 atom stereocenters. The van der Waals surface area contributed by atoms with Crippen LogP contribution in [0.5, 0.6) is 0 Å². The second-order valence-electron chi connectivity index (χ2n) is 5.90. The summed E-state index contributed by atoms with van der Waals surface area (Å²) in [4.78, 5) is 12.4. The van der Waals surface area contributed by atoms with Crippen molar-refractivity contribution >= 4 is 11.7 Å². The first-order chi connectivity index (χ1) is 8.93. The van der Waals surface area contributed by atoms with Gasteiger partial charge >= 0.3 is 5.97 Å². The molecule has 0 radical (unpaired) electrons. The molecule has 0 bridgehead atoms. The minimum absolute atomic E-state index is 0.263. The lowest BCUT2D eigenvalue weighted by Crippen LogP contribution is -2.33. The quantitative estimate of drug-likeness (QED) is 0.763. The first-order valence-electron chi connectivity index (χ1n) is 6.63. The summed E-state index contributed by atoms with van der Waals surface area (Å²) in [6.07, 6.45) is 0. The van der Waals surface area contributed by atoms with Crippen molar-refractivity contribution < 1.29 is 9.53 Å². The second kappa shape index (κ2) is 3.44. The van der Waals surface area contributed by atoms with Gasteiger partial charge in [-0.15, -0.1) is 0 Å². The molecule has 2 aliphatic rings. The van der Waals surface area contributed by atoms with Gasteiger partial charge in [-0.05, 0) is 18.6 Å². The number of fused-ring (bicyclic) bond motifs is 3. The van der Waals surface area contributed by atoms with Gasteiger partial charge in [0.05, 0.1) is 12.3 Å². The Morgan fingerprint density at radius 3 is 2.63 bits per heavy atom. The van der Waals surface area contributed by atoms with Gasteiger partial charge < -0.3 is 4.74 Å². The molecule has 100 valence electrons. The van der Waals surface area contributed by atoms with Crippen LogP contribution in [0.25, 0.3) is 0 Å². The molecule has 0 aromatic heterocycles. The summed E-state index contributed by atoms with van der Waals surface area (Å²) < 4.78 is 5.25. The number of ether oxygens (including phenoxy) is 1. The van der Waals surface area contributed by atoms with Crippen LogP contribution in [0.4, 0.5) is 5.69 Å². The summed E-state index contributed by atoms with van der Waals surface area (Å²) in [5.41, 5.74) is 0.440. The van der Waals surface area contributed by atoms with Gasteiger partial charge in [0.2, 0.25) is 0 Å². The number of nitrogens with zero attached hydrogens (tertiary/aromatic N) is 2. The zero-order chi connectivity index (χ0) is 13.9. The van der Waals surface area contributed by atoms with Crippen molar-refractivity contribution in [2.45, 2.75) is 38.6 Å². The molecule has 1 aromatic rings. The Labute approximate surface area is 112 Å². The van der Waals surface area contributed by atoms with Crippen LogP contribution < -0.4 is 0 Å². The minimum Gasteiger partial charge on any atom is -0.464 e. The van der Waals surface area contributed by atoms with Gasteiger partial charge in [0, 0.05) is 10.8 Å². The first kappa shape index (κ1) is 12.3. The number of esters is 1. The molecule has 4 nitrogen and oxygen atoms in total. The highest BCUT2D eigenvalue weighted by molar-refractivity contribution is 5.93. The molecule has 0 amide bonds. The first-order valence-corrected chi connectivity index (χ1v) is 6.63. The third kappa shape index (κ3) is 1.09. The highest BCUT2D eigenvalue weighted by atomic mass is 16.5. The van der Waals surface area contributed by atoms with E-state index in [0.717, 1.165) is 11.3 Å².